The summed E-state index contributed by atoms with van der Waals surface area (Å²) in [6.07, 6.45) is 0.619. The first kappa shape index (κ1) is 8.01. The summed E-state index contributed by atoms with van der Waals surface area (Å²) >= 11 is 5.63. The van der Waals surface area contributed by atoms with Gasteiger partial charge in [0.2, 0.25) is 5.88 Å². The first-order valence-electron chi connectivity index (χ1n) is 2.93. The van der Waals surface area contributed by atoms with E-state index in [9.17, 15) is 4.79 Å². The summed E-state index contributed by atoms with van der Waals surface area (Å²) in [5.41, 5.74) is 0.273. The largest absolute Gasteiger partial charge is 0.481 e. The smallest absolute Gasteiger partial charge is 0.215 e. The molecule has 0 saturated heterocycles. The number of methoxy groups -OCH3 is 1. The molecule has 1 aromatic rings. The van der Waals surface area contributed by atoms with Gasteiger partial charge in [0, 0.05) is 11.1 Å². The SMILES string of the molecule is COc1cc(Cl)cc(C=O)n1. The Labute approximate surface area is 69.0 Å². The minimum Gasteiger partial charge on any atom is -0.481 e. The number of carbonyl (C=O) groups excluding carboxylic acids is 1. The Morgan fingerprint density at radius 3 is 2.91 bits per heavy atom. The summed E-state index contributed by atoms with van der Waals surface area (Å²) in [6, 6.07) is 3.01. The van der Waals surface area contributed by atoms with Crippen molar-refractivity contribution in [3.8, 4) is 5.88 Å². The Kier molecular flexibility index (Phi) is 2.44. The van der Waals surface area contributed by atoms with Crippen molar-refractivity contribution in [3.63, 3.8) is 0 Å². The molecule has 0 aliphatic carbocycles. The summed E-state index contributed by atoms with van der Waals surface area (Å²) in [5.74, 6) is 0.347. The fourth-order valence-electron chi connectivity index (χ4n) is 0.658. The van der Waals surface area contributed by atoms with Crippen molar-refractivity contribution in [2.45, 2.75) is 0 Å². The van der Waals surface area contributed by atoms with Gasteiger partial charge in [-0.2, -0.15) is 0 Å². The standard InChI is InChI=1S/C7H6ClNO2/c1-11-7-3-5(8)2-6(4-10)9-7/h2-4H,1H3. The molecule has 0 spiro atoms. The molecule has 0 unspecified atom stereocenters. The van der Waals surface area contributed by atoms with Gasteiger partial charge in [-0.25, -0.2) is 4.98 Å². The Balaban J connectivity index is 3.11. The minimum atomic E-state index is 0.273. The van der Waals surface area contributed by atoms with E-state index < -0.39 is 0 Å². The summed E-state index contributed by atoms with van der Waals surface area (Å²) < 4.78 is 4.78. The number of pyridine rings is 1. The van der Waals surface area contributed by atoms with E-state index in [1.807, 2.05) is 0 Å². The predicted octanol–water partition coefficient (Wildman–Crippen LogP) is 1.56. The van der Waals surface area contributed by atoms with Crippen LogP contribution in [-0.2, 0) is 0 Å². The number of nitrogens with zero attached hydrogens (tertiary/aromatic N) is 1. The van der Waals surface area contributed by atoms with E-state index in [0.717, 1.165) is 0 Å². The molecule has 0 aromatic carbocycles. The van der Waals surface area contributed by atoms with Gasteiger partial charge in [-0.05, 0) is 6.07 Å². The topological polar surface area (TPSA) is 39.2 Å². The van der Waals surface area contributed by atoms with Gasteiger partial charge in [-0.1, -0.05) is 11.6 Å². The van der Waals surface area contributed by atoms with Crippen molar-refractivity contribution >= 4 is 17.9 Å². The predicted molar refractivity (Wildman–Crippen MR) is 41.2 cm³/mol. The van der Waals surface area contributed by atoms with Crippen LogP contribution in [0.1, 0.15) is 10.5 Å². The van der Waals surface area contributed by atoms with E-state index in [-0.39, 0.29) is 5.69 Å². The number of aldehydes is 1. The lowest BCUT2D eigenvalue weighted by atomic mass is 10.4. The molecule has 0 N–H and O–H groups in total. The third-order valence-corrected chi connectivity index (χ3v) is 1.33. The lowest BCUT2D eigenvalue weighted by Crippen LogP contribution is -1.91. The van der Waals surface area contributed by atoms with Crippen LogP contribution in [0, 0.1) is 0 Å². The third kappa shape index (κ3) is 1.91. The molecule has 0 bridgehead atoms. The van der Waals surface area contributed by atoms with Gasteiger partial charge in [0.25, 0.3) is 0 Å². The highest BCUT2D eigenvalue weighted by Crippen LogP contribution is 2.15. The number of carbonyl (C=O) groups is 1. The molecule has 11 heavy (non-hydrogen) atoms. The Hall–Kier alpha value is -1.09. The van der Waals surface area contributed by atoms with E-state index in [1.54, 1.807) is 0 Å². The molecule has 1 rings (SSSR count). The lowest BCUT2D eigenvalue weighted by Gasteiger charge is -1.98. The first-order valence-corrected chi connectivity index (χ1v) is 3.31. The van der Waals surface area contributed by atoms with Crippen molar-refractivity contribution in [3.05, 3.63) is 22.8 Å². The highest BCUT2D eigenvalue weighted by molar-refractivity contribution is 6.30. The van der Waals surface area contributed by atoms with Crippen LogP contribution < -0.4 is 4.74 Å². The maximum Gasteiger partial charge on any atom is 0.215 e. The van der Waals surface area contributed by atoms with Crippen LogP contribution in [0.25, 0.3) is 0 Å². The average Bonchev–Trinajstić information content (AvgIpc) is 2.03. The number of hydrogen-bond acceptors (Lipinski definition) is 3. The van der Waals surface area contributed by atoms with Crippen molar-refractivity contribution in [1.29, 1.82) is 0 Å². The van der Waals surface area contributed by atoms with Crippen molar-refractivity contribution in [1.82, 2.24) is 4.98 Å². The molecule has 0 amide bonds. The normalized spacial score (nSPS) is 9.27. The van der Waals surface area contributed by atoms with Gasteiger partial charge in [0.05, 0.1) is 7.11 Å². The number of hydrogen-bond donors (Lipinski definition) is 0. The molecule has 4 heteroatoms. The van der Waals surface area contributed by atoms with E-state index >= 15 is 0 Å². The molecule has 58 valence electrons. The summed E-state index contributed by atoms with van der Waals surface area (Å²) in [5, 5.41) is 0.443. The average molecular weight is 172 g/mol. The van der Waals surface area contributed by atoms with Crippen molar-refractivity contribution in [2.75, 3.05) is 7.11 Å². The highest BCUT2D eigenvalue weighted by atomic mass is 35.5. The van der Waals surface area contributed by atoms with Crippen LogP contribution >= 0.6 is 11.6 Å². The number of aromatic nitrogens is 1. The molecule has 0 fully saturated rings. The molecule has 1 aromatic heterocycles. The van der Waals surface area contributed by atoms with E-state index in [1.165, 1.54) is 19.2 Å². The molecular weight excluding hydrogens is 166 g/mol. The lowest BCUT2D eigenvalue weighted by molar-refractivity contribution is 0.111. The van der Waals surface area contributed by atoms with Gasteiger partial charge in [-0.3, -0.25) is 4.79 Å². The fourth-order valence-corrected chi connectivity index (χ4v) is 0.863. The van der Waals surface area contributed by atoms with E-state index in [0.29, 0.717) is 17.2 Å². The van der Waals surface area contributed by atoms with Crippen molar-refractivity contribution < 1.29 is 9.53 Å². The highest BCUT2D eigenvalue weighted by Gasteiger charge is 1.98. The van der Waals surface area contributed by atoms with Crippen LogP contribution in [0.3, 0.4) is 0 Å². The maximum atomic E-state index is 10.3. The zero-order valence-electron chi connectivity index (χ0n) is 5.87. The summed E-state index contributed by atoms with van der Waals surface area (Å²) in [4.78, 5) is 14.0. The zero-order valence-corrected chi connectivity index (χ0v) is 6.63. The maximum absolute atomic E-state index is 10.3. The zero-order chi connectivity index (χ0) is 8.27. The summed E-state index contributed by atoms with van der Waals surface area (Å²) in [7, 11) is 1.47. The molecular formula is C7H6ClNO2. The Morgan fingerprint density at radius 2 is 2.36 bits per heavy atom. The summed E-state index contributed by atoms with van der Waals surface area (Å²) in [6.45, 7) is 0. The molecule has 0 aliphatic heterocycles. The molecule has 3 nitrogen and oxygen atoms in total. The van der Waals surface area contributed by atoms with Gasteiger partial charge in [0.1, 0.15) is 5.69 Å². The minimum absolute atomic E-state index is 0.273. The molecule has 0 aliphatic rings. The van der Waals surface area contributed by atoms with Crippen molar-refractivity contribution in [2.24, 2.45) is 0 Å². The molecule has 0 atom stereocenters. The number of rotatable bonds is 2. The fraction of sp³-hybridized carbons (Fsp3) is 0.143. The van der Waals surface area contributed by atoms with Gasteiger partial charge < -0.3 is 4.74 Å². The van der Waals surface area contributed by atoms with Crippen LogP contribution in [-0.4, -0.2) is 18.4 Å². The second-order valence-electron chi connectivity index (χ2n) is 1.87. The Morgan fingerprint density at radius 1 is 1.64 bits per heavy atom. The monoisotopic (exact) mass is 171 g/mol. The van der Waals surface area contributed by atoms with E-state index in [4.69, 9.17) is 16.3 Å². The number of halogens is 1. The molecule has 0 saturated carbocycles. The quantitative estimate of drug-likeness (QED) is 0.634. The van der Waals surface area contributed by atoms with Crippen LogP contribution in [0.4, 0.5) is 0 Å². The molecule has 1 heterocycles. The van der Waals surface area contributed by atoms with Crippen LogP contribution in [0.15, 0.2) is 12.1 Å². The van der Waals surface area contributed by atoms with Gasteiger partial charge >= 0.3 is 0 Å². The van der Waals surface area contributed by atoms with Gasteiger partial charge in [0.15, 0.2) is 6.29 Å². The van der Waals surface area contributed by atoms with Crippen LogP contribution in [0.2, 0.25) is 5.02 Å². The second-order valence-corrected chi connectivity index (χ2v) is 2.31. The molecule has 0 radical (unpaired) electrons. The number of ether oxygens (including phenoxy) is 1. The third-order valence-electron chi connectivity index (χ3n) is 1.12. The second kappa shape index (κ2) is 3.34. The van der Waals surface area contributed by atoms with Gasteiger partial charge in [-0.15, -0.1) is 0 Å². The van der Waals surface area contributed by atoms with E-state index in [2.05, 4.69) is 4.98 Å². The van der Waals surface area contributed by atoms with Crippen LogP contribution in [0.5, 0.6) is 5.88 Å². The first-order chi connectivity index (χ1) is 5.26. The Bertz CT molecular complexity index is 275.